The summed E-state index contributed by atoms with van der Waals surface area (Å²) >= 11 is 0. The van der Waals surface area contributed by atoms with Crippen LogP contribution in [-0.4, -0.2) is 12.6 Å². The van der Waals surface area contributed by atoms with Crippen LogP contribution in [0.5, 0.6) is 0 Å². The first-order valence-corrected chi connectivity index (χ1v) is 2.73. The van der Waals surface area contributed by atoms with Crippen molar-refractivity contribution in [3.63, 3.8) is 0 Å². The zero-order chi connectivity index (χ0) is 7.28. The molecule has 0 aliphatic carbocycles. The highest BCUT2D eigenvalue weighted by Crippen LogP contribution is 1.85. The molecule has 0 aromatic carbocycles. The minimum Gasteiger partial charge on any atom is -0.463 e. The summed E-state index contributed by atoms with van der Waals surface area (Å²) in [5.74, 6) is -0.440. The highest BCUT2D eigenvalue weighted by molar-refractivity contribution is 5.82. The first-order valence-electron chi connectivity index (χ1n) is 2.73. The standard InChI is InChI=1S/C6H10NO2/c1-3-9-6(8)4-5(2)7/h4,7H,3H2,1-2H3/b5-4+. The normalized spacial score (nSPS) is 11.1. The van der Waals surface area contributed by atoms with Crippen LogP contribution < -0.4 is 5.73 Å². The van der Waals surface area contributed by atoms with Crippen LogP contribution >= 0.6 is 0 Å². The van der Waals surface area contributed by atoms with Gasteiger partial charge in [-0.1, -0.05) is 0 Å². The summed E-state index contributed by atoms with van der Waals surface area (Å²) in [5.41, 5.74) is 7.06. The molecular weight excluding hydrogens is 118 g/mol. The van der Waals surface area contributed by atoms with Gasteiger partial charge in [0, 0.05) is 11.8 Å². The third-order valence-corrected chi connectivity index (χ3v) is 0.621. The van der Waals surface area contributed by atoms with E-state index in [1.54, 1.807) is 6.92 Å². The van der Waals surface area contributed by atoms with E-state index in [9.17, 15) is 4.79 Å². The lowest BCUT2D eigenvalue weighted by Crippen LogP contribution is -2.00. The number of hydrogen-bond donors (Lipinski definition) is 0. The summed E-state index contributed by atoms with van der Waals surface area (Å²) in [6, 6.07) is 0. The first-order chi connectivity index (χ1) is 4.16. The molecule has 0 aromatic rings. The van der Waals surface area contributed by atoms with Crippen molar-refractivity contribution in [1.82, 2.24) is 5.73 Å². The Bertz CT molecular complexity index is 125. The van der Waals surface area contributed by atoms with Crippen LogP contribution in [0.2, 0.25) is 0 Å². The van der Waals surface area contributed by atoms with Crippen molar-refractivity contribution in [3.05, 3.63) is 11.8 Å². The summed E-state index contributed by atoms with van der Waals surface area (Å²) in [6.45, 7) is 3.62. The smallest absolute Gasteiger partial charge is 0.332 e. The number of carbonyl (C=O) groups is 1. The van der Waals surface area contributed by atoms with Crippen LogP contribution in [-0.2, 0) is 9.53 Å². The lowest BCUT2D eigenvalue weighted by atomic mass is 10.4. The van der Waals surface area contributed by atoms with Crippen molar-refractivity contribution in [2.24, 2.45) is 0 Å². The SMILES string of the molecule is CCOC(=O)/C=C(\C)[NH]. The van der Waals surface area contributed by atoms with Gasteiger partial charge in [-0.25, -0.2) is 4.79 Å². The van der Waals surface area contributed by atoms with Gasteiger partial charge in [-0.3, -0.25) is 0 Å². The third-order valence-electron chi connectivity index (χ3n) is 0.621. The molecule has 0 heterocycles. The molecule has 0 aliphatic heterocycles. The molecule has 3 nitrogen and oxygen atoms in total. The average Bonchev–Trinajstić information content (AvgIpc) is 1.63. The molecule has 0 spiro atoms. The van der Waals surface area contributed by atoms with E-state index >= 15 is 0 Å². The number of allylic oxidation sites excluding steroid dienone is 1. The molecule has 0 rings (SSSR count). The molecule has 0 unspecified atom stereocenters. The number of esters is 1. The van der Waals surface area contributed by atoms with Crippen LogP contribution in [0.3, 0.4) is 0 Å². The number of ether oxygens (including phenoxy) is 1. The molecule has 3 heteroatoms. The van der Waals surface area contributed by atoms with Gasteiger partial charge in [-0.15, -0.1) is 0 Å². The van der Waals surface area contributed by atoms with Crippen molar-refractivity contribution in [1.29, 1.82) is 0 Å². The summed E-state index contributed by atoms with van der Waals surface area (Å²) in [6.07, 6.45) is 1.14. The van der Waals surface area contributed by atoms with Crippen molar-refractivity contribution in [2.45, 2.75) is 13.8 Å². The number of carbonyl (C=O) groups excluding carboxylic acids is 1. The predicted molar refractivity (Wildman–Crippen MR) is 33.5 cm³/mol. The second-order valence-electron chi connectivity index (χ2n) is 1.58. The van der Waals surface area contributed by atoms with Crippen LogP contribution in [0.15, 0.2) is 11.8 Å². The molecule has 0 bridgehead atoms. The Morgan fingerprint density at radius 1 is 1.78 bits per heavy atom. The zero-order valence-corrected chi connectivity index (χ0v) is 5.60. The molecule has 0 fully saturated rings. The summed E-state index contributed by atoms with van der Waals surface area (Å²) in [5, 5.41) is 0. The number of rotatable bonds is 2. The van der Waals surface area contributed by atoms with Gasteiger partial charge >= 0.3 is 5.97 Å². The topological polar surface area (TPSA) is 50.1 Å². The lowest BCUT2D eigenvalue weighted by molar-refractivity contribution is -0.137. The minimum absolute atomic E-state index is 0.216. The second kappa shape index (κ2) is 3.95. The third kappa shape index (κ3) is 4.87. The van der Waals surface area contributed by atoms with E-state index in [2.05, 4.69) is 4.74 Å². The van der Waals surface area contributed by atoms with E-state index in [0.717, 1.165) is 6.08 Å². The zero-order valence-electron chi connectivity index (χ0n) is 5.60. The minimum atomic E-state index is -0.440. The van der Waals surface area contributed by atoms with Crippen LogP contribution in [0, 0.1) is 0 Å². The Morgan fingerprint density at radius 2 is 2.33 bits per heavy atom. The first kappa shape index (κ1) is 8.01. The monoisotopic (exact) mass is 128 g/mol. The van der Waals surface area contributed by atoms with Crippen molar-refractivity contribution < 1.29 is 9.53 Å². The fourth-order valence-electron chi connectivity index (χ4n) is 0.361. The quantitative estimate of drug-likeness (QED) is 0.406. The molecule has 0 saturated heterocycles. The van der Waals surface area contributed by atoms with E-state index in [4.69, 9.17) is 5.73 Å². The van der Waals surface area contributed by atoms with E-state index in [1.165, 1.54) is 6.92 Å². The average molecular weight is 128 g/mol. The maximum atomic E-state index is 10.4. The highest BCUT2D eigenvalue weighted by atomic mass is 16.5. The molecule has 1 N–H and O–H groups in total. The van der Waals surface area contributed by atoms with Crippen molar-refractivity contribution >= 4 is 5.97 Å². The number of nitrogens with one attached hydrogen (secondary N) is 1. The molecule has 0 atom stereocenters. The van der Waals surface area contributed by atoms with Crippen LogP contribution in [0.25, 0.3) is 0 Å². The van der Waals surface area contributed by atoms with Gasteiger partial charge in [0.15, 0.2) is 0 Å². The fourth-order valence-corrected chi connectivity index (χ4v) is 0.361. The maximum absolute atomic E-state index is 10.4. The van der Waals surface area contributed by atoms with E-state index in [1.807, 2.05) is 0 Å². The van der Waals surface area contributed by atoms with Crippen molar-refractivity contribution in [3.8, 4) is 0 Å². The lowest BCUT2D eigenvalue weighted by Gasteiger charge is -1.93. The van der Waals surface area contributed by atoms with E-state index < -0.39 is 5.97 Å². The predicted octanol–water partition coefficient (Wildman–Crippen LogP) is 0.736. The van der Waals surface area contributed by atoms with Gasteiger partial charge in [0.05, 0.1) is 6.61 Å². The molecule has 0 saturated carbocycles. The Labute approximate surface area is 54.5 Å². The van der Waals surface area contributed by atoms with Crippen LogP contribution in [0.1, 0.15) is 13.8 Å². The molecule has 51 valence electrons. The molecule has 1 radical (unpaired) electrons. The van der Waals surface area contributed by atoms with Gasteiger partial charge in [-0.2, -0.15) is 0 Å². The van der Waals surface area contributed by atoms with E-state index in [-0.39, 0.29) is 5.70 Å². The molecule has 0 amide bonds. The van der Waals surface area contributed by atoms with Gasteiger partial charge in [0.1, 0.15) is 0 Å². The Balaban J connectivity index is 3.63. The summed E-state index contributed by atoms with van der Waals surface area (Å²) in [4.78, 5) is 10.4. The van der Waals surface area contributed by atoms with Crippen LogP contribution in [0.4, 0.5) is 0 Å². The molecule has 0 aliphatic rings. The van der Waals surface area contributed by atoms with Gasteiger partial charge < -0.3 is 10.5 Å². The molecule has 9 heavy (non-hydrogen) atoms. The van der Waals surface area contributed by atoms with Gasteiger partial charge in [0.25, 0.3) is 0 Å². The second-order valence-corrected chi connectivity index (χ2v) is 1.58. The van der Waals surface area contributed by atoms with E-state index in [0.29, 0.717) is 6.61 Å². The molecular formula is C6H10NO2. The number of hydrogen-bond acceptors (Lipinski definition) is 2. The summed E-state index contributed by atoms with van der Waals surface area (Å²) < 4.78 is 4.52. The largest absolute Gasteiger partial charge is 0.463 e. The van der Waals surface area contributed by atoms with Crippen molar-refractivity contribution in [2.75, 3.05) is 6.61 Å². The highest BCUT2D eigenvalue weighted by Gasteiger charge is 1.93. The Morgan fingerprint density at radius 3 is 2.67 bits per heavy atom. The fraction of sp³-hybridized carbons (Fsp3) is 0.500. The summed E-state index contributed by atoms with van der Waals surface area (Å²) in [7, 11) is 0. The van der Waals surface area contributed by atoms with Gasteiger partial charge in [-0.05, 0) is 13.8 Å². The molecule has 0 aromatic heterocycles. The maximum Gasteiger partial charge on any atom is 0.332 e. The Hall–Kier alpha value is -0.990. The Kier molecular flexibility index (Phi) is 3.51. The van der Waals surface area contributed by atoms with Gasteiger partial charge in [0.2, 0.25) is 0 Å².